The van der Waals surface area contributed by atoms with Crippen LogP contribution >= 0.6 is 0 Å². The summed E-state index contributed by atoms with van der Waals surface area (Å²) in [4.78, 5) is 10.6. The van der Waals surface area contributed by atoms with E-state index in [1.807, 2.05) is 0 Å². The Balaban J connectivity index is 2.51. The summed E-state index contributed by atoms with van der Waals surface area (Å²) >= 11 is 0. The molecule has 0 saturated heterocycles. The first-order valence-corrected chi connectivity index (χ1v) is 4.63. The minimum Gasteiger partial charge on any atom is -0.481 e. The zero-order chi connectivity index (χ0) is 9.90. The lowest BCUT2D eigenvalue weighted by Crippen LogP contribution is -2.30. The van der Waals surface area contributed by atoms with Crippen molar-refractivity contribution in [3.05, 3.63) is 12.2 Å². The molecule has 1 aliphatic carbocycles. The van der Waals surface area contributed by atoms with Crippen LogP contribution in [0.3, 0.4) is 0 Å². The molecule has 0 aliphatic heterocycles. The number of hydrogen-bond donors (Lipinski definition) is 1. The van der Waals surface area contributed by atoms with E-state index in [2.05, 4.69) is 0 Å². The summed E-state index contributed by atoms with van der Waals surface area (Å²) in [5.41, 5.74) is -1.25. The van der Waals surface area contributed by atoms with Gasteiger partial charge in [-0.2, -0.15) is 0 Å². The number of rotatable bonds is 2. The Morgan fingerprint density at radius 2 is 2.08 bits per heavy atom. The van der Waals surface area contributed by atoms with Gasteiger partial charge in [-0.15, -0.1) is 0 Å². The molecule has 74 valence electrons. The molecular formula is C10H15FO2. The average molecular weight is 186 g/mol. The molecular weight excluding hydrogens is 171 g/mol. The quantitative estimate of drug-likeness (QED) is 0.673. The van der Waals surface area contributed by atoms with E-state index in [0.29, 0.717) is 25.7 Å². The summed E-state index contributed by atoms with van der Waals surface area (Å²) in [5.74, 6) is -1.13. The van der Waals surface area contributed by atoms with Gasteiger partial charge in [-0.05, 0) is 32.6 Å². The molecule has 0 aromatic rings. The van der Waals surface area contributed by atoms with E-state index < -0.39 is 11.6 Å². The topological polar surface area (TPSA) is 37.3 Å². The molecule has 0 aromatic heterocycles. The van der Waals surface area contributed by atoms with Crippen molar-refractivity contribution in [1.29, 1.82) is 0 Å². The maximum Gasteiger partial charge on any atom is 0.306 e. The Kier molecular flexibility index (Phi) is 3.07. The van der Waals surface area contributed by atoms with E-state index in [-0.39, 0.29) is 5.92 Å². The van der Waals surface area contributed by atoms with Gasteiger partial charge in [0.25, 0.3) is 0 Å². The molecule has 1 rings (SSSR count). The number of halogens is 1. The maximum absolute atomic E-state index is 13.7. The Bertz CT molecular complexity index is 215. The van der Waals surface area contributed by atoms with Gasteiger partial charge in [0, 0.05) is 0 Å². The van der Waals surface area contributed by atoms with Crippen molar-refractivity contribution in [3.63, 3.8) is 0 Å². The highest BCUT2D eigenvalue weighted by atomic mass is 19.1. The monoisotopic (exact) mass is 186 g/mol. The third-order valence-electron chi connectivity index (χ3n) is 2.63. The molecule has 0 unspecified atom stereocenters. The molecule has 2 nitrogen and oxygen atoms in total. The van der Waals surface area contributed by atoms with E-state index in [4.69, 9.17) is 5.11 Å². The summed E-state index contributed by atoms with van der Waals surface area (Å²) in [6, 6.07) is 0. The molecule has 0 amide bonds. The summed E-state index contributed by atoms with van der Waals surface area (Å²) in [5, 5.41) is 8.70. The predicted octanol–water partition coefficient (Wildman–Crippen LogP) is 2.55. The van der Waals surface area contributed by atoms with Gasteiger partial charge in [0.15, 0.2) is 0 Å². The fourth-order valence-corrected chi connectivity index (χ4v) is 1.81. The predicted molar refractivity (Wildman–Crippen MR) is 48.2 cm³/mol. The molecule has 13 heavy (non-hydrogen) atoms. The minimum absolute atomic E-state index is 0.339. The SMILES string of the molecule is C/C=C/C1(F)CCC(C(=O)O)CC1. The molecule has 0 heterocycles. The van der Waals surface area contributed by atoms with Gasteiger partial charge in [0.2, 0.25) is 0 Å². The van der Waals surface area contributed by atoms with Crippen LogP contribution in [0.25, 0.3) is 0 Å². The van der Waals surface area contributed by atoms with Crippen molar-refractivity contribution in [1.82, 2.24) is 0 Å². The van der Waals surface area contributed by atoms with Crippen molar-refractivity contribution >= 4 is 5.97 Å². The first kappa shape index (κ1) is 10.2. The van der Waals surface area contributed by atoms with Crippen LogP contribution in [0, 0.1) is 5.92 Å². The summed E-state index contributed by atoms with van der Waals surface area (Å²) in [7, 11) is 0. The van der Waals surface area contributed by atoms with Crippen LogP contribution in [-0.4, -0.2) is 16.7 Å². The van der Waals surface area contributed by atoms with Gasteiger partial charge >= 0.3 is 5.97 Å². The lowest BCUT2D eigenvalue weighted by Gasteiger charge is -2.29. The third-order valence-corrected chi connectivity index (χ3v) is 2.63. The summed E-state index contributed by atoms with van der Waals surface area (Å²) < 4.78 is 13.7. The number of alkyl halides is 1. The molecule has 0 aromatic carbocycles. The molecule has 0 spiro atoms. The van der Waals surface area contributed by atoms with Gasteiger partial charge in [-0.25, -0.2) is 4.39 Å². The van der Waals surface area contributed by atoms with Gasteiger partial charge in [0.1, 0.15) is 5.67 Å². The smallest absolute Gasteiger partial charge is 0.306 e. The van der Waals surface area contributed by atoms with Gasteiger partial charge in [-0.1, -0.05) is 12.2 Å². The Labute approximate surface area is 77.4 Å². The van der Waals surface area contributed by atoms with E-state index >= 15 is 0 Å². The van der Waals surface area contributed by atoms with E-state index in [1.54, 1.807) is 19.1 Å². The number of hydrogen-bond acceptors (Lipinski definition) is 1. The first-order chi connectivity index (χ1) is 6.07. The lowest BCUT2D eigenvalue weighted by molar-refractivity contribution is -0.143. The first-order valence-electron chi connectivity index (χ1n) is 4.63. The van der Waals surface area contributed by atoms with Crippen LogP contribution < -0.4 is 0 Å². The molecule has 1 N–H and O–H groups in total. The van der Waals surface area contributed by atoms with Gasteiger partial charge < -0.3 is 5.11 Å². The van der Waals surface area contributed by atoms with E-state index in [9.17, 15) is 9.18 Å². The number of carbonyl (C=O) groups is 1. The van der Waals surface area contributed by atoms with Crippen molar-refractivity contribution in [2.45, 2.75) is 38.3 Å². The van der Waals surface area contributed by atoms with Crippen LogP contribution in [0.2, 0.25) is 0 Å². The molecule has 0 bridgehead atoms. The summed E-state index contributed by atoms with van der Waals surface area (Å²) in [6.07, 6.45) is 4.83. The van der Waals surface area contributed by atoms with Crippen molar-refractivity contribution in [3.8, 4) is 0 Å². The van der Waals surface area contributed by atoms with Crippen molar-refractivity contribution in [2.75, 3.05) is 0 Å². The molecule has 3 heteroatoms. The normalized spacial score (nSPS) is 35.1. The zero-order valence-corrected chi connectivity index (χ0v) is 7.79. The Morgan fingerprint density at radius 1 is 1.54 bits per heavy atom. The third kappa shape index (κ3) is 2.54. The highest BCUT2D eigenvalue weighted by Gasteiger charge is 2.35. The Hall–Kier alpha value is -0.860. The number of aliphatic carboxylic acids is 1. The number of carboxylic acids is 1. The molecule has 1 fully saturated rings. The van der Waals surface area contributed by atoms with E-state index in [1.165, 1.54) is 0 Å². The molecule has 1 saturated carbocycles. The van der Waals surface area contributed by atoms with Crippen LogP contribution in [-0.2, 0) is 4.79 Å². The van der Waals surface area contributed by atoms with Crippen LogP contribution in [0.15, 0.2) is 12.2 Å². The fourth-order valence-electron chi connectivity index (χ4n) is 1.81. The fraction of sp³-hybridized carbons (Fsp3) is 0.700. The van der Waals surface area contributed by atoms with Crippen LogP contribution in [0.5, 0.6) is 0 Å². The molecule has 0 radical (unpaired) electrons. The largest absolute Gasteiger partial charge is 0.481 e. The number of carboxylic acid groups (broad SMARTS) is 1. The highest BCUT2D eigenvalue weighted by molar-refractivity contribution is 5.70. The van der Waals surface area contributed by atoms with Crippen LogP contribution in [0.4, 0.5) is 4.39 Å². The highest BCUT2D eigenvalue weighted by Crippen LogP contribution is 2.36. The van der Waals surface area contributed by atoms with Crippen molar-refractivity contribution in [2.24, 2.45) is 5.92 Å². The van der Waals surface area contributed by atoms with Gasteiger partial charge in [-0.3, -0.25) is 4.79 Å². The second kappa shape index (κ2) is 3.90. The second-order valence-corrected chi connectivity index (χ2v) is 3.65. The van der Waals surface area contributed by atoms with Crippen LogP contribution in [0.1, 0.15) is 32.6 Å². The Morgan fingerprint density at radius 3 is 2.46 bits per heavy atom. The average Bonchev–Trinajstić information content (AvgIpc) is 2.05. The standard InChI is InChI=1S/C10H15FO2/c1-2-5-10(11)6-3-8(4-7-10)9(12)13/h2,5,8H,3-4,6-7H2,1H3,(H,12,13)/b5-2+. The second-order valence-electron chi connectivity index (χ2n) is 3.65. The molecule has 1 aliphatic rings. The number of allylic oxidation sites excluding steroid dienone is 2. The zero-order valence-electron chi connectivity index (χ0n) is 7.79. The lowest BCUT2D eigenvalue weighted by atomic mass is 9.80. The van der Waals surface area contributed by atoms with Crippen molar-refractivity contribution < 1.29 is 14.3 Å². The maximum atomic E-state index is 13.7. The molecule has 0 atom stereocenters. The summed E-state index contributed by atoms with van der Waals surface area (Å²) in [6.45, 7) is 1.78. The van der Waals surface area contributed by atoms with Gasteiger partial charge in [0.05, 0.1) is 5.92 Å². The van der Waals surface area contributed by atoms with E-state index in [0.717, 1.165) is 0 Å². The minimum atomic E-state index is -1.25.